The molecule has 1 N–H and O–H groups in total. The third-order valence-electron chi connectivity index (χ3n) is 2.60. The number of nitriles is 1. The molecule has 0 aliphatic heterocycles. The van der Waals surface area contributed by atoms with Gasteiger partial charge in [-0.3, -0.25) is 4.72 Å². The number of halogens is 3. The van der Waals surface area contributed by atoms with Crippen LogP contribution in [0.2, 0.25) is 0 Å². The molecule has 0 saturated carbocycles. The highest BCUT2D eigenvalue weighted by molar-refractivity contribution is 7.92. The van der Waals surface area contributed by atoms with Crippen LogP contribution in [-0.2, 0) is 16.2 Å². The number of nitrogens with zero attached hydrogens (tertiary/aromatic N) is 2. The Hall–Kier alpha value is -2.60. The number of benzene rings is 1. The number of rotatable bonds is 3. The lowest BCUT2D eigenvalue weighted by Crippen LogP contribution is -2.14. The number of hydrogen-bond acceptors (Lipinski definition) is 4. The van der Waals surface area contributed by atoms with Crippen LogP contribution in [0.15, 0.2) is 47.5 Å². The number of pyridine rings is 1. The zero-order valence-electron chi connectivity index (χ0n) is 10.8. The Morgan fingerprint density at radius 3 is 2.45 bits per heavy atom. The number of sulfonamides is 1. The van der Waals surface area contributed by atoms with Crippen molar-refractivity contribution in [2.45, 2.75) is 11.1 Å². The summed E-state index contributed by atoms with van der Waals surface area (Å²) in [5, 5.41) is 8.74. The predicted molar refractivity (Wildman–Crippen MR) is 71.2 cm³/mol. The van der Waals surface area contributed by atoms with E-state index in [2.05, 4.69) is 4.98 Å². The molecule has 0 amide bonds. The summed E-state index contributed by atoms with van der Waals surface area (Å²) < 4.78 is 63.4. The largest absolute Gasteiger partial charge is 0.417 e. The van der Waals surface area contributed by atoms with E-state index in [1.54, 1.807) is 6.07 Å². The van der Waals surface area contributed by atoms with E-state index in [4.69, 9.17) is 5.26 Å². The first-order valence-corrected chi connectivity index (χ1v) is 7.27. The number of anilines is 1. The first kappa shape index (κ1) is 15.8. The Morgan fingerprint density at radius 2 is 1.91 bits per heavy atom. The lowest BCUT2D eigenvalue weighted by molar-refractivity contribution is -0.137. The van der Waals surface area contributed by atoms with E-state index in [0.29, 0.717) is 6.20 Å². The molecule has 1 heterocycles. The van der Waals surface area contributed by atoms with Gasteiger partial charge in [0.15, 0.2) is 0 Å². The van der Waals surface area contributed by atoms with Gasteiger partial charge in [-0.1, -0.05) is 6.07 Å². The fraction of sp³-hybridized carbons (Fsp3) is 0.0769. The van der Waals surface area contributed by atoms with Crippen LogP contribution in [0.5, 0.6) is 0 Å². The van der Waals surface area contributed by atoms with Gasteiger partial charge in [-0.2, -0.15) is 18.4 Å². The molecule has 1 aromatic heterocycles. The molecular weight excluding hydrogens is 319 g/mol. The normalized spacial score (nSPS) is 11.7. The van der Waals surface area contributed by atoms with Gasteiger partial charge in [0.1, 0.15) is 5.82 Å². The average molecular weight is 327 g/mol. The number of hydrogen-bond donors (Lipinski definition) is 1. The van der Waals surface area contributed by atoms with E-state index in [-0.39, 0.29) is 16.3 Å². The number of nitrogens with one attached hydrogen (secondary N) is 1. The summed E-state index contributed by atoms with van der Waals surface area (Å²) in [6.07, 6.45) is -4.02. The second kappa shape index (κ2) is 5.65. The van der Waals surface area contributed by atoms with E-state index in [1.165, 1.54) is 18.2 Å². The topological polar surface area (TPSA) is 82.8 Å². The van der Waals surface area contributed by atoms with Crippen LogP contribution in [0.25, 0.3) is 0 Å². The Bertz CT molecular complexity index is 825. The van der Waals surface area contributed by atoms with Crippen LogP contribution in [0.1, 0.15) is 11.1 Å². The lowest BCUT2D eigenvalue weighted by atomic mass is 10.2. The molecule has 0 fully saturated rings. The zero-order chi connectivity index (χ0) is 16.4. The molecule has 0 saturated heterocycles. The second-order valence-electron chi connectivity index (χ2n) is 4.18. The summed E-state index contributed by atoms with van der Waals surface area (Å²) in [4.78, 5) is 3.24. The van der Waals surface area contributed by atoms with Gasteiger partial charge in [0.2, 0.25) is 0 Å². The summed E-state index contributed by atoms with van der Waals surface area (Å²) in [5.74, 6) is -0.254. The Balaban J connectivity index is 2.27. The molecule has 0 aliphatic rings. The van der Waals surface area contributed by atoms with Crippen molar-refractivity contribution >= 4 is 15.8 Å². The molecule has 0 aliphatic carbocycles. The summed E-state index contributed by atoms with van der Waals surface area (Å²) in [7, 11) is -4.04. The molecule has 0 radical (unpaired) electrons. The van der Waals surface area contributed by atoms with Crippen molar-refractivity contribution in [3.63, 3.8) is 0 Å². The lowest BCUT2D eigenvalue weighted by Gasteiger charge is -2.09. The molecule has 22 heavy (non-hydrogen) atoms. The Morgan fingerprint density at radius 1 is 1.18 bits per heavy atom. The molecule has 9 heteroatoms. The second-order valence-corrected chi connectivity index (χ2v) is 5.86. The van der Waals surface area contributed by atoms with E-state index in [0.717, 1.165) is 18.2 Å². The van der Waals surface area contributed by atoms with Crippen molar-refractivity contribution in [2.24, 2.45) is 0 Å². The van der Waals surface area contributed by atoms with Crippen molar-refractivity contribution in [2.75, 3.05) is 4.72 Å². The van der Waals surface area contributed by atoms with Gasteiger partial charge in [0, 0.05) is 6.20 Å². The van der Waals surface area contributed by atoms with Crippen LogP contribution in [-0.4, -0.2) is 13.4 Å². The summed E-state index contributed by atoms with van der Waals surface area (Å²) in [6.45, 7) is 0. The van der Waals surface area contributed by atoms with E-state index < -0.39 is 21.8 Å². The van der Waals surface area contributed by atoms with Crippen molar-refractivity contribution in [1.29, 1.82) is 5.26 Å². The Kier molecular flexibility index (Phi) is 4.05. The molecule has 0 unspecified atom stereocenters. The van der Waals surface area contributed by atoms with E-state index in [9.17, 15) is 21.6 Å². The minimum Gasteiger partial charge on any atom is -0.263 e. The number of aromatic nitrogens is 1. The predicted octanol–water partition coefficient (Wildman–Crippen LogP) is 2.77. The quantitative estimate of drug-likeness (QED) is 0.939. The number of alkyl halides is 3. The first-order valence-electron chi connectivity index (χ1n) is 5.78. The molecule has 2 rings (SSSR count). The van der Waals surface area contributed by atoms with Gasteiger partial charge in [0.25, 0.3) is 10.0 Å². The molecule has 0 spiro atoms. The minimum absolute atomic E-state index is 0.142. The fourth-order valence-electron chi connectivity index (χ4n) is 1.55. The van der Waals surface area contributed by atoms with Gasteiger partial charge in [-0.05, 0) is 30.3 Å². The van der Waals surface area contributed by atoms with Gasteiger partial charge < -0.3 is 0 Å². The molecule has 5 nitrogen and oxygen atoms in total. The highest BCUT2D eigenvalue weighted by atomic mass is 32.2. The van der Waals surface area contributed by atoms with Crippen molar-refractivity contribution in [3.8, 4) is 6.07 Å². The summed E-state index contributed by atoms with van der Waals surface area (Å²) >= 11 is 0. The highest BCUT2D eigenvalue weighted by Gasteiger charge is 2.30. The minimum atomic E-state index is -4.55. The Labute approximate surface area is 124 Å². The first-order chi connectivity index (χ1) is 10.2. The van der Waals surface area contributed by atoms with Gasteiger partial charge in [-0.15, -0.1) is 0 Å². The van der Waals surface area contributed by atoms with Crippen LogP contribution in [0.4, 0.5) is 19.0 Å². The van der Waals surface area contributed by atoms with Gasteiger partial charge in [0.05, 0.1) is 22.1 Å². The molecule has 0 atom stereocenters. The smallest absolute Gasteiger partial charge is 0.263 e. The van der Waals surface area contributed by atoms with Gasteiger partial charge >= 0.3 is 6.18 Å². The van der Waals surface area contributed by atoms with Crippen molar-refractivity contribution < 1.29 is 21.6 Å². The maximum Gasteiger partial charge on any atom is 0.417 e. The van der Waals surface area contributed by atoms with E-state index >= 15 is 0 Å². The SMILES string of the molecule is N#Cc1cccc(S(=O)(=O)Nc2ccc(C(F)(F)F)cn2)c1. The maximum atomic E-state index is 12.4. The third kappa shape index (κ3) is 3.53. The molecule has 114 valence electrons. The van der Waals surface area contributed by atoms with E-state index in [1.807, 2.05) is 4.72 Å². The standard InChI is InChI=1S/C13H8F3N3O2S/c14-13(15,16)10-4-5-12(18-8-10)19-22(20,21)11-3-1-2-9(6-11)7-17/h1-6,8H,(H,18,19). The van der Waals surface area contributed by atoms with Crippen LogP contribution in [0, 0.1) is 11.3 Å². The molecule has 1 aromatic carbocycles. The van der Waals surface area contributed by atoms with Crippen molar-refractivity contribution in [3.05, 3.63) is 53.7 Å². The van der Waals surface area contributed by atoms with Crippen LogP contribution < -0.4 is 4.72 Å². The zero-order valence-corrected chi connectivity index (χ0v) is 11.6. The van der Waals surface area contributed by atoms with Gasteiger partial charge in [-0.25, -0.2) is 13.4 Å². The summed E-state index contributed by atoms with van der Waals surface area (Å²) in [5.41, 5.74) is -0.842. The van der Waals surface area contributed by atoms with Crippen LogP contribution in [0.3, 0.4) is 0 Å². The molecular formula is C13H8F3N3O2S. The van der Waals surface area contributed by atoms with Crippen LogP contribution >= 0.6 is 0 Å². The maximum absolute atomic E-state index is 12.4. The average Bonchev–Trinajstić information content (AvgIpc) is 2.46. The highest BCUT2D eigenvalue weighted by Crippen LogP contribution is 2.29. The van der Waals surface area contributed by atoms with Crippen molar-refractivity contribution in [1.82, 2.24) is 4.98 Å². The molecule has 0 bridgehead atoms. The third-order valence-corrected chi connectivity index (χ3v) is 3.96. The summed E-state index contributed by atoms with van der Waals surface area (Å²) in [6, 6.07) is 8.64. The fourth-order valence-corrected chi connectivity index (χ4v) is 2.61. The molecule has 2 aromatic rings. The monoisotopic (exact) mass is 327 g/mol.